The maximum atomic E-state index is 12.7. The maximum Gasteiger partial charge on any atom is 0.472 e. The van der Waals surface area contributed by atoms with Gasteiger partial charge in [0.15, 0.2) is 6.10 Å². The number of likely N-dealkylation sites (N-methyl/N-ethyl adjacent to an activating group) is 1. The Morgan fingerprint density at radius 1 is 0.485 bits per heavy atom. The first kappa shape index (κ1) is 63.7. The van der Waals surface area contributed by atoms with E-state index in [1.165, 1.54) is 122 Å². The standard InChI is InChI=1S/C56H102NO8P/c1-6-8-10-12-14-16-18-20-22-23-24-25-26-27-28-29-30-31-32-33-35-36-38-40-42-44-46-48-55(58)62-52-54(53-64-66(60,61)63-51-50-57(3,4)5)65-56(59)49-47-45-43-41-39-37-34-21-19-17-15-13-11-9-7-2/h9,11,15,17-18,20-21,23-24,34,54H,6-8,10,12-14,16,19,22,25-33,35-53H2,1-5H3/p+1/b11-9-,17-15-,20-18-,24-23-,34-21-. The highest BCUT2D eigenvalue weighted by molar-refractivity contribution is 7.47. The molecule has 0 radical (unpaired) electrons. The number of rotatable bonds is 49. The van der Waals surface area contributed by atoms with Crippen molar-refractivity contribution in [2.45, 2.75) is 238 Å². The number of carbonyl (C=O) groups excluding carboxylic acids is 2. The smallest absolute Gasteiger partial charge is 0.462 e. The Bertz CT molecular complexity index is 1300. The number of ether oxygens (including phenoxy) is 2. The molecular weight excluding hydrogens is 846 g/mol. The van der Waals surface area contributed by atoms with Gasteiger partial charge in [-0.3, -0.25) is 18.6 Å². The van der Waals surface area contributed by atoms with Gasteiger partial charge in [0.05, 0.1) is 27.7 Å². The Hall–Kier alpha value is -2.29. The third-order valence-corrected chi connectivity index (χ3v) is 12.5. The third kappa shape index (κ3) is 51.1. The summed E-state index contributed by atoms with van der Waals surface area (Å²) in [6.45, 7) is 4.30. The van der Waals surface area contributed by atoms with Crippen molar-refractivity contribution in [1.29, 1.82) is 0 Å². The minimum atomic E-state index is -4.39. The summed E-state index contributed by atoms with van der Waals surface area (Å²) in [4.78, 5) is 35.6. The van der Waals surface area contributed by atoms with E-state index in [1.807, 2.05) is 21.1 Å². The quantitative estimate of drug-likeness (QED) is 0.0211. The van der Waals surface area contributed by atoms with Crippen LogP contribution in [0.1, 0.15) is 232 Å². The van der Waals surface area contributed by atoms with E-state index in [2.05, 4.69) is 74.6 Å². The monoisotopic (exact) mass is 949 g/mol. The van der Waals surface area contributed by atoms with Crippen LogP contribution in [0.2, 0.25) is 0 Å². The minimum Gasteiger partial charge on any atom is -0.462 e. The van der Waals surface area contributed by atoms with Crippen molar-refractivity contribution in [3.05, 3.63) is 60.8 Å². The number of phosphoric ester groups is 1. The fourth-order valence-corrected chi connectivity index (χ4v) is 8.10. The number of quaternary nitrogens is 1. The lowest BCUT2D eigenvalue weighted by atomic mass is 10.0. The zero-order valence-electron chi connectivity index (χ0n) is 43.4. The highest BCUT2D eigenvalue weighted by Crippen LogP contribution is 2.43. The van der Waals surface area contributed by atoms with Crippen molar-refractivity contribution in [2.75, 3.05) is 47.5 Å². The van der Waals surface area contributed by atoms with Crippen molar-refractivity contribution < 1.29 is 42.1 Å². The highest BCUT2D eigenvalue weighted by atomic mass is 31.2. The van der Waals surface area contributed by atoms with Gasteiger partial charge in [0, 0.05) is 12.8 Å². The fraction of sp³-hybridized carbons (Fsp3) is 0.786. The molecule has 0 rings (SSSR count). The fourth-order valence-electron chi connectivity index (χ4n) is 7.35. The zero-order chi connectivity index (χ0) is 48.5. The average Bonchev–Trinajstić information content (AvgIpc) is 3.27. The molecule has 1 N–H and O–H groups in total. The average molecular weight is 949 g/mol. The number of phosphoric acid groups is 1. The minimum absolute atomic E-state index is 0.0266. The molecule has 0 aliphatic heterocycles. The molecule has 0 saturated heterocycles. The van der Waals surface area contributed by atoms with Crippen LogP contribution in [0.4, 0.5) is 0 Å². The van der Waals surface area contributed by atoms with Crippen LogP contribution >= 0.6 is 7.82 Å². The molecule has 0 bridgehead atoms. The van der Waals surface area contributed by atoms with Crippen molar-refractivity contribution in [1.82, 2.24) is 0 Å². The van der Waals surface area contributed by atoms with Crippen LogP contribution in [-0.2, 0) is 32.7 Å². The molecule has 66 heavy (non-hydrogen) atoms. The van der Waals surface area contributed by atoms with Gasteiger partial charge in [0.1, 0.15) is 19.8 Å². The molecule has 2 atom stereocenters. The molecule has 0 aliphatic carbocycles. The first-order valence-corrected chi connectivity index (χ1v) is 28.5. The normalized spacial score (nSPS) is 13.8. The maximum absolute atomic E-state index is 12.7. The van der Waals surface area contributed by atoms with Crippen LogP contribution in [0.15, 0.2) is 60.8 Å². The molecule has 0 aliphatic rings. The summed E-state index contributed by atoms with van der Waals surface area (Å²) in [5.74, 6) is -0.815. The van der Waals surface area contributed by atoms with E-state index in [0.717, 1.165) is 77.0 Å². The largest absolute Gasteiger partial charge is 0.472 e. The van der Waals surface area contributed by atoms with Crippen molar-refractivity contribution in [2.24, 2.45) is 0 Å². The van der Waals surface area contributed by atoms with Crippen molar-refractivity contribution >= 4 is 19.8 Å². The summed E-state index contributed by atoms with van der Waals surface area (Å²) in [5, 5.41) is 0. The number of carbonyl (C=O) groups is 2. The van der Waals surface area contributed by atoms with E-state index in [4.69, 9.17) is 18.5 Å². The molecule has 2 unspecified atom stereocenters. The predicted octanol–water partition coefficient (Wildman–Crippen LogP) is 16.4. The lowest BCUT2D eigenvalue weighted by molar-refractivity contribution is -0.870. The molecule has 0 heterocycles. The van der Waals surface area contributed by atoms with Gasteiger partial charge in [-0.1, -0.05) is 203 Å². The lowest BCUT2D eigenvalue weighted by Crippen LogP contribution is -2.37. The molecule has 0 spiro atoms. The van der Waals surface area contributed by atoms with Gasteiger partial charge >= 0.3 is 19.8 Å². The first-order valence-electron chi connectivity index (χ1n) is 27.0. The highest BCUT2D eigenvalue weighted by Gasteiger charge is 2.27. The predicted molar refractivity (Wildman–Crippen MR) is 279 cm³/mol. The molecule has 0 aromatic heterocycles. The van der Waals surface area contributed by atoms with E-state index < -0.39 is 26.5 Å². The first-order chi connectivity index (χ1) is 32.0. The SMILES string of the molecule is CC/C=C\C/C=C\C/C=C\CCCCCCCC(=O)OC(COC(=O)CCCCCCCCCCCCCCCCC/C=C\C/C=C\CCCCCCC)COP(=O)(O)OCC[N+](C)(C)C. The molecule has 0 saturated carbocycles. The van der Waals surface area contributed by atoms with Crippen LogP contribution in [0.25, 0.3) is 0 Å². The molecule has 10 heteroatoms. The Morgan fingerprint density at radius 2 is 0.864 bits per heavy atom. The summed E-state index contributed by atoms with van der Waals surface area (Å²) in [5.41, 5.74) is 0. The Labute approximate surface area is 406 Å². The molecular formula is C56H103NO8P+. The van der Waals surface area contributed by atoms with Gasteiger partial charge < -0.3 is 18.9 Å². The Morgan fingerprint density at radius 3 is 1.29 bits per heavy atom. The van der Waals surface area contributed by atoms with Crippen LogP contribution in [0.3, 0.4) is 0 Å². The number of nitrogens with zero attached hydrogens (tertiary/aromatic N) is 1. The lowest BCUT2D eigenvalue weighted by Gasteiger charge is -2.24. The second-order valence-corrected chi connectivity index (χ2v) is 20.7. The second kappa shape index (κ2) is 47.8. The van der Waals surface area contributed by atoms with Crippen molar-refractivity contribution in [3.63, 3.8) is 0 Å². The topological polar surface area (TPSA) is 108 Å². The Balaban J connectivity index is 4.14. The van der Waals surface area contributed by atoms with Crippen LogP contribution in [0.5, 0.6) is 0 Å². The molecule has 0 fully saturated rings. The van der Waals surface area contributed by atoms with Crippen LogP contribution in [0, 0.1) is 0 Å². The van der Waals surface area contributed by atoms with E-state index in [0.29, 0.717) is 17.4 Å². The summed E-state index contributed by atoms with van der Waals surface area (Å²) in [6.07, 6.45) is 60.0. The van der Waals surface area contributed by atoms with E-state index in [9.17, 15) is 19.0 Å². The van der Waals surface area contributed by atoms with Crippen LogP contribution in [-0.4, -0.2) is 74.9 Å². The van der Waals surface area contributed by atoms with E-state index >= 15 is 0 Å². The number of allylic oxidation sites excluding steroid dienone is 10. The summed E-state index contributed by atoms with van der Waals surface area (Å²) in [6, 6.07) is 0. The Kier molecular flexibility index (Phi) is 46.1. The third-order valence-electron chi connectivity index (χ3n) is 11.5. The summed E-state index contributed by atoms with van der Waals surface area (Å²) < 4.78 is 34.4. The van der Waals surface area contributed by atoms with Crippen LogP contribution < -0.4 is 0 Å². The van der Waals surface area contributed by atoms with Gasteiger partial charge in [0.2, 0.25) is 0 Å². The molecule has 9 nitrogen and oxygen atoms in total. The summed E-state index contributed by atoms with van der Waals surface area (Å²) in [7, 11) is 1.46. The molecule has 0 aromatic rings. The van der Waals surface area contributed by atoms with Gasteiger partial charge in [-0.15, -0.1) is 0 Å². The van der Waals surface area contributed by atoms with Crippen molar-refractivity contribution in [3.8, 4) is 0 Å². The zero-order valence-corrected chi connectivity index (χ0v) is 44.3. The molecule has 384 valence electrons. The second-order valence-electron chi connectivity index (χ2n) is 19.2. The number of esters is 2. The van der Waals surface area contributed by atoms with Gasteiger partial charge in [-0.2, -0.15) is 0 Å². The molecule has 0 aromatic carbocycles. The van der Waals surface area contributed by atoms with Gasteiger partial charge in [0.25, 0.3) is 0 Å². The van der Waals surface area contributed by atoms with E-state index in [1.54, 1.807) is 0 Å². The number of hydrogen-bond donors (Lipinski definition) is 1. The van der Waals surface area contributed by atoms with Gasteiger partial charge in [-0.25, -0.2) is 4.57 Å². The van der Waals surface area contributed by atoms with Gasteiger partial charge in [-0.05, 0) is 77.0 Å². The summed E-state index contributed by atoms with van der Waals surface area (Å²) >= 11 is 0. The number of unbranched alkanes of at least 4 members (excludes halogenated alkanes) is 25. The number of hydrogen-bond acceptors (Lipinski definition) is 7. The molecule has 0 amide bonds. The van der Waals surface area contributed by atoms with E-state index in [-0.39, 0.29) is 32.0 Å².